The van der Waals surface area contributed by atoms with Crippen LogP contribution >= 0.6 is 0 Å². The lowest BCUT2D eigenvalue weighted by Gasteiger charge is -2.33. The summed E-state index contributed by atoms with van der Waals surface area (Å²) in [4.78, 5) is 15.5. The van der Waals surface area contributed by atoms with Crippen LogP contribution in [0, 0.1) is 5.92 Å². The van der Waals surface area contributed by atoms with Gasteiger partial charge in [0.1, 0.15) is 0 Å². The normalized spacial score (nSPS) is 17.4. The Balaban J connectivity index is 1.87. The molecule has 1 fully saturated rings. The van der Waals surface area contributed by atoms with Gasteiger partial charge in [0.2, 0.25) is 11.8 Å². The number of rotatable bonds is 3. The van der Waals surface area contributed by atoms with E-state index in [-0.39, 0.29) is 17.0 Å². The molecule has 0 atom stereocenters. The second-order valence-electron chi connectivity index (χ2n) is 5.61. The van der Waals surface area contributed by atoms with Crippen LogP contribution in [0.1, 0.15) is 18.4 Å². The van der Waals surface area contributed by atoms with Gasteiger partial charge in [0.25, 0.3) is 0 Å². The number of halogens is 5. The van der Waals surface area contributed by atoms with E-state index in [4.69, 9.17) is 4.42 Å². The fourth-order valence-corrected chi connectivity index (χ4v) is 2.45. The maximum absolute atomic E-state index is 13.0. The molecule has 1 aromatic carbocycles. The summed E-state index contributed by atoms with van der Waals surface area (Å²) in [7, 11) is 0. The van der Waals surface area contributed by atoms with E-state index in [1.54, 1.807) is 0 Å². The Bertz CT molecular complexity index is 748. The first-order valence-electron chi connectivity index (χ1n) is 6.94. The summed E-state index contributed by atoms with van der Waals surface area (Å²) in [6.45, 7) is 0. The number of hydrogen-bond donors (Lipinski definition) is 1. The van der Waals surface area contributed by atoms with Crippen molar-refractivity contribution in [1.29, 1.82) is 0 Å². The van der Waals surface area contributed by atoms with Crippen molar-refractivity contribution >= 4 is 11.6 Å². The number of oxazole rings is 1. The summed E-state index contributed by atoms with van der Waals surface area (Å²) >= 11 is 0. The van der Waals surface area contributed by atoms with Crippen LogP contribution in [0.3, 0.4) is 0 Å². The van der Waals surface area contributed by atoms with E-state index in [1.807, 2.05) is 0 Å². The number of benzene rings is 1. The number of carbonyl (C=O) groups excluding carboxylic acids is 1. The van der Waals surface area contributed by atoms with Crippen LogP contribution in [0.15, 0.2) is 35.2 Å². The Kier molecular flexibility index (Phi) is 3.81. The van der Waals surface area contributed by atoms with Crippen LogP contribution in [-0.4, -0.2) is 16.8 Å². The summed E-state index contributed by atoms with van der Waals surface area (Å²) in [5, 5.41) is 2.26. The molecule has 0 spiro atoms. The molecule has 0 bridgehead atoms. The number of anilines is 1. The smallest absolute Gasteiger partial charge is 0.416 e. The number of hydrogen-bond acceptors (Lipinski definition) is 3. The molecule has 1 aliphatic rings. The minimum atomic E-state index is -4.64. The van der Waals surface area contributed by atoms with Gasteiger partial charge in [-0.25, -0.2) is 13.8 Å². The van der Waals surface area contributed by atoms with Gasteiger partial charge >= 0.3 is 6.18 Å². The average Bonchev–Trinajstić information content (AvgIpc) is 2.97. The number of alkyl halides is 5. The van der Waals surface area contributed by atoms with Crippen molar-refractivity contribution in [1.82, 2.24) is 4.98 Å². The SMILES string of the molecule is O=C(Nc1cc(-c2cnco2)cc(C(F)(F)F)c1)C1CC(F)(F)C1. The number of nitrogens with one attached hydrogen (secondary N) is 1. The molecule has 1 aliphatic carbocycles. The van der Waals surface area contributed by atoms with E-state index < -0.39 is 42.3 Å². The molecule has 0 radical (unpaired) electrons. The number of amides is 1. The topological polar surface area (TPSA) is 55.1 Å². The lowest BCUT2D eigenvalue weighted by atomic mass is 9.80. The fraction of sp³-hybridized carbons (Fsp3) is 0.333. The zero-order chi connectivity index (χ0) is 17.5. The zero-order valence-corrected chi connectivity index (χ0v) is 12.0. The van der Waals surface area contributed by atoms with Crippen LogP contribution in [0.25, 0.3) is 11.3 Å². The minimum absolute atomic E-state index is 0.0663. The van der Waals surface area contributed by atoms with Crippen LogP contribution in [0.4, 0.5) is 27.6 Å². The third kappa shape index (κ3) is 3.39. The van der Waals surface area contributed by atoms with Crippen molar-refractivity contribution in [3.05, 3.63) is 36.4 Å². The molecule has 1 aromatic heterocycles. The van der Waals surface area contributed by atoms with Crippen molar-refractivity contribution < 1.29 is 31.2 Å². The van der Waals surface area contributed by atoms with E-state index in [1.165, 1.54) is 12.3 Å². The quantitative estimate of drug-likeness (QED) is 0.841. The predicted molar refractivity (Wildman–Crippen MR) is 73.2 cm³/mol. The molecule has 4 nitrogen and oxygen atoms in total. The first-order valence-corrected chi connectivity index (χ1v) is 6.94. The predicted octanol–water partition coefficient (Wildman–Crippen LogP) is 4.34. The van der Waals surface area contributed by atoms with E-state index in [0.717, 1.165) is 18.5 Å². The van der Waals surface area contributed by atoms with Gasteiger partial charge in [0.05, 0.1) is 11.8 Å². The standard InChI is InChI=1S/C15H11F5N2O2/c16-14(17)4-9(5-14)13(23)22-11-2-8(12-6-21-7-24-12)1-10(3-11)15(18,19)20/h1-3,6-7,9H,4-5H2,(H,22,23). The average molecular weight is 346 g/mol. The Morgan fingerprint density at radius 3 is 2.50 bits per heavy atom. The summed E-state index contributed by atoms with van der Waals surface area (Å²) in [5.74, 6) is -4.44. The Morgan fingerprint density at radius 2 is 1.96 bits per heavy atom. The molecule has 1 amide bonds. The maximum Gasteiger partial charge on any atom is 0.416 e. The highest BCUT2D eigenvalue weighted by Crippen LogP contribution is 2.43. The second-order valence-corrected chi connectivity index (χ2v) is 5.61. The van der Waals surface area contributed by atoms with E-state index >= 15 is 0 Å². The Labute approximate surface area is 132 Å². The molecule has 1 N–H and O–H groups in total. The van der Waals surface area contributed by atoms with Crippen LogP contribution in [-0.2, 0) is 11.0 Å². The molecular formula is C15H11F5N2O2. The van der Waals surface area contributed by atoms with Crippen molar-refractivity contribution in [3.63, 3.8) is 0 Å². The number of carbonyl (C=O) groups is 1. The molecule has 3 rings (SSSR count). The van der Waals surface area contributed by atoms with Crippen molar-refractivity contribution in [3.8, 4) is 11.3 Å². The summed E-state index contributed by atoms with van der Waals surface area (Å²) < 4.78 is 69.6. The Hall–Kier alpha value is -2.45. The van der Waals surface area contributed by atoms with Gasteiger partial charge in [-0.1, -0.05) is 0 Å². The van der Waals surface area contributed by atoms with E-state index in [0.29, 0.717) is 0 Å². The van der Waals surface area contributed by atoms with E-state index in [2.05, 4.69) is 10.3 Å². The molecular weight excluding hydrogens is 335 g/mol. The van der Waals surface area contributed by atoms with Gasteiger partial charge in [-0.2, -0.15) is 13.2 Å². The van der Waals surface area contributed by atoms with Gasteiger partial charge in [0, 0.05) is 30.0 Å². The molecule has 1 heterocycles. The largest absolute Gasteiger partial charge is 0.444 e. The van der Waals surface area contributed by atoms with Gasteiger partial charge < -0.3 is 9.73 Å². The third-order valence-corrected chi connectivity index (χ3v) is 3.71. The first kappa shape index (κ1) is 16.4. The summed E-state index contributed by atoms with van der Waals surface area (Å²) in [5.41, 5.74) is -1.07. The third-order valence-electron chi connectivity index (χ3n) is 3.71. The second kappa shape index (κ2) is 5.57. The van der Waals surface area contributed by atoms with Crippen molar-refractivity contribution in [2.24, 2.45) is 5.92 Å². The van der Waals surface area contributed by atoms with Gasteiger partial charge in [-0.05, 0) is 18.2 Å². The number of aromatic nitrogens is 1. The first-order chi connectivity index (χ1) is 11.1. The molecule has 1 saturated carbocycles. The van der Waals surface area contributed by atoms with Crippen molar-refractivity contribution in [2.45, 2.75) is 24.9 Å². The number of nitrogens with zero attached hydrogens (tertiary/aromatic N) is 1. The molecule has 0 unspecified atom stereocenters. The highest BCUT2D eigenvalue weighted by Gasteiger charge is 2.48. The highest BCUT2D eigenvalue weighted by molar-refractivity contribution is 5.94. The molecule has 0 aliphatic heterocycles. The molecule has 2 aromatic rings. The van der Waals surface area contributed by atoms with Crippen molar-refractivity contribution in [2.75, 3.05) is 5.32 Å². The maximum atomic E-state index is 13.0. The van der Waals surface area contributed by atoms with Crippen LogP contribution in [0.5, 0.6) is 0 Å². The van der Waals surface area contributed by atoms with E-state index in [9.17, 15) is 26.7 Å². The molecule has 0 saturated heterocycles. The fourth-order valence-electron chi connectivity index (χ4n) is 2.45. The Morgan fingerprint density at radius 1 is 1.25 bits per heavy atom. The molecule has 128 valence electrons. The summed E-state index contributed by atoms with van der Waals surface area (Å²) in [6, 6.07) is 2.87. The van der Waals surface area contributed by atoms with Gasteiger partial charge in [-0.3, -0.25) is 4.79 Å². The van der Waals surface area contributed by atoms with Crippen LogP contribution < -0.4 is 5.32 Å². The highest BCUT2D eigenvalue weighted by atomic mass is 19.4. The van der Waals surface area contributed by atoms with Gasteiger partial charge in [0.15, 0.2) is 12.2 Å². The van der Waals surface area contributed by atoms with Crippen LogP contribution in [0.2, 0.25) is 0 Å². The lowest BCUT2D eigenvalue weighted by Crippen LogP contribution is -2.42. The lowest BCUT2D eigenvalue weighted by molar-refractivity contribution is -0.145. The molecule has 24 heavy (non-hydrogen) atoms. The monoisotopic (exact) mass is 346 g/mol. The minimum Gasteiger partial charge on any atom is -0.444 e. The van der Waals surface area contributed by atoms with Gasteiger partial charge in [-0.15, -0.1) is 0 Å². The zero-order valence-electron chi connectivity index (χ0n) is 12.0. The molecule has 9 heteroatoms. The summed E-state index contributed by atoms with van der Waals surface area (Å²) in [6.07, 6.45) is -3.56.